The maximum atomic E-state index is 11.9. The molecule has 2 atom stereocenters. The van der Waals surface area contributed by atoms with Gasteiger partial charge in [0, 0.05) is 44.3 Å². The fourth-order valence-corrected chi connectivity index (χ4v) is 3.06. The molecule has 2 rings (SSSR count). The molecule has 0 saturated carbocycles. The average molecular weight is 340 g/mol. The first-order valence-corrected chi connectivity index (χ1v) is 8.42. The number of benzene rings is 1. The van der Waals surface area contributed by atoms with Gasteiger partial charge in [-0.3, -0.25) is 0 Å². The number of aliphatic hydroxyl groups excluding tert-OH is 1. The molecule has 128 valence electrons. The normalized spacial score (nSPS) is 18.6. The van der Waals surface area contributed by atoms with Gasteiger partial charge in [0.1, 0.15) is 0 Å². The van der Waals surface area contributed by atoms with Gasteiger partial charge in [0.05, 0.1) is 6.10 Å². The van der Waals surface area contributed by atoms with Gasteiger partial charge < -0.3 is 20.2 Å². The molecule has 2 unspecified atom stereocenters. The van der Waals surface area contributed by atoms with E-state index in [2.05, 4.69) is 5.32 Å². The van der Waals surface area contributed by atoms with Crippen molar-refractivity contribution in [2.45, 2.75) is 38.0 Å². The summed E-state index contributed by atoms with van der Waals surface area (Å²) in [7, 11) is 3.55. The smallest absolute Gasteiger partial charge is 0.319 e. The topological polar surface area (TPSA) is 55.8 Å². The molecule has 1 heterocycles. The Morgan fingerprint density at radius 2 is 1.87 bits per heavy atom. The van der Waals surface area contributed by atoms with Gasteiger partial charge in [0.25, 0.3) is 0 Å². The Balaban J connectivity index is 1.83. The van der Waals surface area contributed by atoms with Crippen LogP contribution < -0.4 is 5.32 Å². The van der Waals surface area contributed by atoms with Crippen molar-refractivity contribution in [3.8, 4) is 0 Å². The fourth-order valence-electron chi connectivity index (χ4n) is 2.93. The molecular formula is C17H26ClN3O2. The quantitative estimate of drug-likeness (QED) is 0.886. The number of piperidine rings is 1. The van der Waals surface area contributed by atoms with E-state index < -0.39 is 6.10 Å². The predicted molar refractivity (Wildman–Crippen MR) is 92.7 cm³/mol. The van der Waals surface area contributed by atoms with Gasteiger partial charge >= 0.3 is 6.03 Å². The summed E-state index contributed by atoms with van der Waals surface area (Å²) in [6.07, 6.45) is 1.22. The van der Waals surface area contributed by atoms with E-state index in [9.17, 15) is 9.90 Å². The minimum atomic E-state index is -0.575. The number of rotatable bonds is 4. The van der Waals surface area contributed by atoms with Crippen molar-refractivity contribution in [1.82, 2.24) is 15.1 Å². The minimum Gasteiger partial charge on any atom is -0.387 e. The van der Waals surface area contributed by atoms with E-state index >= 15 is 0 Å². The summed E-state index contributed by atoms with van der Waals surface area (Å²) < 4.78 is 0. The summed E-state index contributed by atoms with van der Waals surface area (Å²) in [6.45, 7) is 3.48. The summed E-state index contributed by atoms with van der Waals surface area (Å²) in [5.41, 5.74) is 0.856. The Bertz CT molecular complexity index is 513. The molecule has 0 bridgehead atoms. The maximum Gasteiger partial charge on any atom is 0.319 e. The molecule has 6 heteroatoms. The third kappa shape index (κ3) is 4.83. The average Bonchev–Trinajstić information content (AvgIpc) is 2.54. The van der Waals surface area contributed by atoms with E-state index in [4.69, 9.17) is 11.6 Å². The third-order valence-corrected chi connectivity index (χ3v) is 4.58. The molecule has 5 nitrogen and oxygen atoms in total. The largest absolute Gasteiger partial charge is 0.387 e. The Morgan fingerprint density at radius 3 is 2.39 bits per heavy atom. The molecule has 2 amide bonds. The van der Waals surface area contributed by atoms with E-state index in [-0.39, 0.29) is 12.1 Å². The van der Waals surface area contributed by atoms with Crippen LogP contribution in [-0.4, -0.2) is 60.2 Å². The van der Waals surface area contributed by atoms with Crippen LogP contribution in [0.2, 0.25) is 5.02 Å². The van der Waals surface area contributed by atoms with Gasteiger partial charge in [0.15, 0.2) is 0 Å². The molecule has 1 saturated heterocycles. The van der Waals surface area contributed by atoms with Gasteiger partial charge in [-0.1, -0.05) is 23.7 Å². The molecule has 1 fully saturated rings. The summed E-state index contributed by atoms with van der Waals surface area (Å²) in [4.78, 5) is 15.4. The highest BCUT2D eigenvalue weighted by Gasteiger charge is 2.26. The van der Waals surface area contributed by atoms with Crippen molar-refractivity contribution >= 4 is 17.6 Å². The van der Waals surface area contributed by atoms with Crippen molar-refractivity contribution in [3.63, 3.8) is 0 Å². The molecule has 1 aromatic rings. The van der Waals surface area contributed by atoms with E-state index in [1.54, 1.807) is 31.1 Å². The Hall–Kier alpha value is -1.30. The molecule has 23 heavy (non-hydrogen) atoms. The molecule has 0 radical (unpaired) electrons. The summed E-state index contributed by atoms with van der Waals surface area (Å²) in [5.74, 6) is 0. The number of hydrogen-bond donors (Lipinski definition) is 2. The number of halogens is 1. The molecule has 1 aromatic carbocycles. The maximum absolute atomic E-state index is 11.9. The first-order valence-electron chi connectivity index (χ1n) is 8.04. The van der Waals surface area contributed by atoms with Crippen LogP contribution in [0.4, 0.5) is 4.79 Å². The molecular weight excluding hydrogens is 314 g/mol. The highest BCUT2D eigenvalue weighted by atomic mass is 35.5. The number of carbonyl (C=O) groups is 1. The number of likely N-dealkylation sites (tertiary alicyclic amines) is 1. The lowest BCUT2D eigenvalue weighted by molar-refractivity contribution is 0.114. The summed E-state index contributed by atoms with van der Waals surface area (Å²) in [5, 5.41) is 14.6. The van der Waals surface area contributed by atoms with Gasteiger partial charge in [-0.2, -0.15) is 0 Å². The van der Waals surface area contributed by atoms with E-state index in [0.717, 1.165) is 31.5 Å². The predicted octanol–water partition coefficient (Wildman–Crippen LogP) is 2.50. The second-order valence-corrected chi connectivity index (χ2v) is 6.83. The van der Waals surface area contributed by atoms with Crippen molar-refractivity contribution in [3.05, 3.63) is 34.9 Å². The number of urea groups is 1. The second kappa shape index (κ2) is 7.99. The molecule has 0 spiro atoms. The molecule has 0 aromatic heterocycles. The number of amides is 2. The van der Waals surface area contributed by atoms with Gasteiger partial charge in [-0.05, 0) is 37.5 Å². The second-order valence-electron chi connectivity index (χ2n) is 6.39. The molecule has 1 aliphatic rings. The first-order chi connectivity index (χ1) is 10.9. The molecule has 1 aliphatic heterocycles. The van der Waals surface area contributed by atoms with Gasteiger partial charge in [0.2, 0.25) is 0 Å². The van der Waals surface area contributed by atoms with E-state index in [1.807, 2.05) is 24.0 Å². The van der Waals surface area contributed by atoms with E-state index in [1.165, 1.54) is 0 Å². The standard InChI is InChI=1S/C17H26ClN3O2/c1-12(16(22)13-4-6-14(18)7-5-13)19-15-8-10-21(11-9-15)17(23)20(2)3/h4-7,12,15-16,19,22H,8-11H2,1-3H3. The number of hydrogen-bond acceptors (Lipinski definition) is 3. The summed E-state index contributed by atoms with van der Waals surface area (Å²) in [6, 6.07) is 7.61. The monoisotopic (exact) mass is 339 g/mol. The number of carbonyl (C=O) groups excluding carboxylic acids is 1. The lowest BCUT2D eigenvalue weighted by atomic mass is 9.99. The van der Waals surface area contributed by atoms with Gasteiger partial charge in [-0.15, -0.1) is 0 Å². The van der Waals surface area contributed by atoms with Crippen LogP contribution in [-0.2, 0) is 0 Å². The SMILES string of the molecule is CC(NC1CCN(C(=O)N(C)C)CC1)C(O)c1ccc(Cl)cc1. The zero-order chi connectivity index (χ0) is 17.0. The zero-order valence-corrected chi connectivity index (χ0v) is 14.8. The molecule has 0 aliphatic carbocycles. The summed E-state index contributed by atoms with van der Waals surface area (Å²) >= 11 is 5.88. The van der Waals surface area contributed by atoms with E-state index in [0.29, 0.717) is 11.1 Å². The highest BCUT2D eigenvalue weighted by Crippen LogP contribution is 2.21. The van der Waals surface area contributed by atoms with Crippen LogP contribution in [0, 0.1) is 0 Å². The van der Waals surface area contributed by atoms with Crippen molar-refractivity contribution in [1.29, 1.82) is 0 Å². The zero-order valence-electron chi connectivity index (χ0n) is 14.0. The lowest BCUT2D eigenvalue weighted by Gasteiger charge is -2.36. The van der Waals surface area contributed by atoms with Crippen molar-refractivity contribution in [2.24, 2.45) is 0 Å². The van der Waals surface area contributed by atoms with Crippen LogP contribution in [0.5, 0.6) is 0 Å². The highest BCUT2D eigenvalue weighted by molar-refractivity contribution is 6.30. The van der Waals surface area contributed by atoms with Crippen molar-refractivity contribution in [2.75, 3.05) is 27.2 Å². The lowest BCUT2D eigenvalue weighted by Crippen LogP contribution is -2.50. The minimum absolute atomic E-state index is 0.0581. The Labute approximate surface area is 143 Å². The number of nitrogens with zero attached hydrogens (tertiary/aromatic N) is 2. The fraction of sp³-hybridized carbons (Fsp3) is 0.588. The van der Waals surface area contributed by atoms with Crippen molar-refractivity contribution < 1.29 is 9.90 Å². The van der Waals surface area contributed by atoms with Crippen LogP contribution >= 0.6 is 11.6 Å². The van der Waals surface area contributed by atoms with Crippen LogP contribution in [0.25, 0.3) is 0 Å². The van der Waals surface area contributed by atoms with Crippen LogP contribution in [0.1, 0.15) is 31.4 Å². The van der Waals surface area contributed by atoms with Crippen LogP contribution in [0.3, 0.4) is 0 Å². The third-order valence-electron chi connectivity index (χ3n) is 4.33. The number of nitrogens with one attached hydrogen (secondary N) is 1. The van der Waals surface area contributed by atoms with Gasteiger partial charge in [-0.25, -0.2) is 4.79 Å². The Morgan fingerprint density at radius 1 is 1.30 bits per heavy atom. The molecule has 2 N–H and O–H groups in total. The number of aliphatic hydroxyl groups is 1. The Kier molecular flexibility index (Phi) is 6.27. The van der Waals surface area contributed by atoms with Crippen LogP contribution in [0.15, 0.2) is 24.3 Å². The first kappa shape index (κ1) is 18.0.